The predicted molar refractivity (Wildman–Crippen MR) is 99.0 cm³/mol. The van der Waals surface area contributed by atoms with Gasteiger partial charge in [0.25, 0.3) is 16.0 Å². The molecule has 8 heteroatoms. The lowest BCUT2D eigenvalue weighted by Crippen LogP contribution is -2.12. The quantitative estimate of drug-likeness (QED) is 0.413. The van der Waals surface area contributed by atoms with E-state index >= 15 is 0 Å². The number of amides is 1. The van der Waals surface area contributed by atoms with Crippen LogP contribution in [0.25, 0.3) is 10.8 Å². The van der Waals surface area contributed by atoms with Crippen LogP contribution in [-0.4, -0.2) is 24.0 Å². The highest BCUT2D eigenvalue weighted by Crippen LogP contribution is 2.30. The summed E-state index contributed by atoms with van der Waals surface area (Å²) in [6.45, 7) is 1.83. The van der Waals surface area contributed by atoms with Gasteiger partial charge < -0.3 is 16.2 Å². The molecular weight excluding hydrogens is 356 g/mol. The second-order valence-electron chi connectivity index (χ2n) is 5.88. The van der Waals surface area contributed by atoms with Crippen LogP contribution in [0, 0.1) is 6.92 Å². The lowest BCUT2D eigenvalue weighted by atomic mass is 10.1. The van der Waals surface area contributed by atoms with Crippen LogP contribution in [0.3, 0.4) is 0 Å². The molecular formula is C18H16N2O5S. The summed E-state index contributed by atoms with van der Waals surface area (Å²) in [7, 11) is -4.55. The van der Waals surface area contributed by atoms with E-state index in [2.05, 4.69) is 5.32 Å². The first kappa shape index (κ1) is 17.7. The Morgan fingerprint density at radius 3 is 2.46 bits per heavy atom. The first-order valence-electron chi connectivity index (χ1n) is 7.57. The molecule has 0 heterocycles. The van der Waals surface area contributed by atoms with Gasteiger partial charge in [-0.3, -0.25) is 9.35 Å². The van der Waals surface area contributed by atoms with Gasteiger partial charge in [0.1, 0.15) is 10.6 Å². The summed E-state index contributed by atoms with van der Waals surface area (Å²) in [6.07, 6.45) is 0. The van der Waals surface area contributed by atoms with Gasteiger partial charge in [0.15, 0.2) is 0 Å². The number of carbonyl (C=O) groups is 1. The molecule has 134 valence electrons. The molecule has 0 spiro atoms. The highest BCUT2D eigenvalue weighted by Gasteiger charge is 2.17. The van der Waals surface area contributed by atoms with Crippen LogP contribution < -0.4 is 11.1 Å². The highest BCUT2D eigenvalue weighted by molar-refractivity contribution is 7.86. The van der Waals surface area contributed by atoms with E-state index in [-0.39, 0.29) is 11.1 Å². The molecule has 3 rings (SSSR count). The molecule has 0 aromatic heterocycles. The molecule has 0 aliphatic carbocycles. The van der Waals surface area contributed by atoms with E-state index in [4.69, 9.17) is 5.73 Å². The third-order valence-corrected chi connectivity index (χ3v) is 4.87. The first-order valence-corrected chi connectivity index (χ1v) is 9.01. The van der Waals surface area contributed by atoms with Crippen LogP contribution in [0.4, 0.5) is 11.4 Å². The molecule has 0 atom stereocenters. The number of carbonyl (C=O) groups excluding carboxylic acids is 1. The summed E-state index contributed by atoms with van der Waals surface area (Å²) in [4.78, 5) is 11.9. The van der Waals surface area contributed by atoms with Crippen molar-refractivity contribution in [2.24, 2.45) is 0 Å². The third-order valence-electron chi connectivity index (χ3n) is 3.98. The SMILES string of the molecule is Cc1ccc(C(=O)Nc2ccc3cc(O)cc(S(=O)(=O)O)c3c2)cc1N. The molecule has 0 fully saturated rings. The van der Waals surface area contributed by atoms with Crippen LogP contribution in [0.1, 0.15) is 15.9 Å². The minimum Gasteiger partial charge on any atom is -0.508 e. The fraction of sp³-hybridized carbons (Fsp3) is 0.0556. The number of phenols is 1. The number of fused-ring (bicyclic) bond motifs is 1. The average molecular weight is 372 g/mol. The smallest absolute Gasteiger partial charge is 0.295 e. The Labute approximate surface area is 149 Å². The van der Waals surface area contributed by atoms with E-state index in [0.717, 1.165) is 11.6 Å². The van der Waals surface area contributed by atoms with E-state index in [0.29, 0.717) is 22.3 Å². The zero-order valence-electron chi connectivity index (χ0n) is 13.7. The summed E-state index contributed by atoms with van der Waals surface area (Å²) in [5.41, 5.74) is 7.83. The fourth-order valence-corrected chi connectivity index (χ4v) is 3.31. The maximum absolute atomic E-state index is 12.4. The van der Waals surface area contributed by atoms with Gasteiger partial charge in [0.05, 0.1) is 0 Å². The number of nitrogen functional groups attached to an aromatic ring is 1. The van der Waals surface area contributed by atoms with Gasteiger partial charge in [-0.2, -0.15) is 8.42 Å². The summed E-state index contributed by atoms with van der Waals surface area (Å²) in [6, 6.07) is 11.7. The summed E-state index contributed by atoms with van der Waals surface area (Å²) in [5.74, 6) is -0.708. The third kappa shape index (κ3) is 3.46. The van der Waals surface area contributed by atoms with Crippen molar-refractivity contribution in [2.75, 3.05) is 11.1 Å². The van der Waals surface area contributed by atoms with Crippen molar-refractivity contribution < 1.29 is 22.9 Å². The van der Waals surface area contributed by atoms with Gasteiger partial charge in [-0.1, -0.05) is 12.1 Å². The van der Waals surface area contributed by atoms with Crippen LogP contribution in [0.15, 0.2) is 53.4 Å². The van der Waals surface area contributed by atoms with Gasteiger partial charge in [0.2, 0.25) is 0 Å². The second kappa shape index (κ2) is 6.32. The molecule has 3 aromatic carbocycles. The Bertz CT molecular complexity index is 1140. The molecule has 26 heavy (non-hydrogen) atoms. The van der Waals surface area contributed by atoms with E-state index < -0.39 is 20.9 Å². The van der Waals surface area contributed by atoms with E-state index in [9.17, 15) is 22.9 Å². The van der Waals surface area contributed by atoms with Crippen LogP contribution in [-0.2, 0) is 10.1 Å². The number of nitrogens with one attached hydrogen (secondary N) is 1. The predicted octanol–water partition coefficient (Wildman–Crippen LogP) is 2.94. The standard InChI is InChI=1S/C18H16N2O5S/c1-10-2-3-12(7-16(10)19)18(22)20-13-5-4-11-6-14(21)9-17(15(11)8-13)26(23,24)25/h2-9,21H,19H2,1H3,(H,20,22)(H,23,24,25). The molecule has 0 radical (unpaired) electrons. The normalized spacial score (nSPS) is 11.5. The number of aromatic hydroxyl groups is 1. The molecule has 7 nitrogen and oxygen atoms in total. The van der Waals surface area contributed by atoms with Crippen LogP contribution in [0.2, 0.25) is 0 Å². The average Bonchev–Trinajstić information content (AvgIpc) is 2.56. The number of aryl methyl sites for hydroxylation is 1. The summed E-state index contributed by atoms with van der Waals surface area (Å²) in [5, 5.41) is 12.9. The molecule has 0 saturated carbocycles. The molecule has 0 unspecified atom stereocenters. The van der Waals surface area contributed by atoms with Crippen molar-refractivity contribution in [1.82, 2.24) is 0 Å². The molecule has 5 N–H and O–H groups in total. The van der Waals surface area contributed by atoms with Crippen molar-refractivity contribution >= 4 is 38.2 Å². The first-order chi connectivity index (χ1) is 12.1. The zero-order chi connectivity index (χ0) is 19.1. The minimum absolute atomic E-state index is 0.173. The number of nitrogens with two attached hydrogens (primary N) is 1. The number of rotatable bonds is 3. The van der Waals surface area contributed by atoms with Gasteiger partial charge in [-0.25, -0.2) is 0 Å². The van der Waals surface area contributed by atoms with Crippen LogP contribution >= 0.6 is 0 Å². The van der Waals surface area contributed by atoms with Crippen molar-refractivity contribution in [3.05, 3.63) is 59.7 Å². The number of anilines is 2. The maximum atomic E-state index is 12.4. The second-order valence-corrected chi connectivity index (χ2v) is 7.27. The van der Waals surface area contributed by atoms with Crippen molar-refractivity contribution in [1.29, 1.82) is 0 Å². The topological polar surface area (TPSA) is 130 Å². The van der Waals surface area contributed by atoms with E-state index in [1.54, 1.807) is 24.3 Å². The van der Waals surface area contributed by atoms with Crippen molar-refractivity contribution in [3.63, 3.8) is 0 Å². The maximum Gasteiger partial charge on any atom is 0.295 e. The summed E-state index contributed by atoms with van der Waals surface area (Å²) < 4.78 is 32.5. The lowest BCUT2D eigenvalue weighted by molar-refractivity contribution is 0.102. The van der Waals surface area contributed by atoms with Gasteiger partial charge in [-0.15, -0.1) is 0 Å². The lowest BCUT2D eigenvalue weighted by Gasteiger charge is -2.10. The molecule has 0 aliphatic rings. The Morgan fingerprint density at radius 1 is 1.08 bits per heavy atom. The zero-order valence-corrected chi connectivity index (χ0v) is 14.5. The monoisotopic (exact) mass is 372 g/mol. The molecule has 3 aromatic rings. The van der Waals surface area contributed by atoms with Crippen molar-refractivity contribution in [2.45, 2.75) is 11.8 Å². The molecule has 0 saturated heterocycles. The molecule has 1 amide bonds. The number of hydrogen-bond donors (Lipinski definition) is 4. The molecule has 0 bridgehead atoms. The van der Waals surface area contributed by atoms with E-state index in [1.165, 1.54) is 18.2 Å². The minimum atomic E-state index is -4.55. The highest BCUT2D eigenvalue weighted by atomic mass is 32.2. The number of benzene rings is 3. The Morgan fingerprint density at radius 2 is 1.81 bits per heavy atom. The van der Waals surface area contributed by atoms with Crippen molar-refractivity contribution in [3.8, 4) is 5.75 Å². The Kier molecular flexibility index (Phi) is 4.31. The Hall–Kier alpha value is -3.10. The summed E-state index contributed by atoms with van der Waals surface area (Å²) >= 11 is 0. The number of phenolic OH excluding ortho intramolecular Hbond substituents is 1. The van der Waals surface area contributed by atoms with E-state index in [1.807, 2.05) is 6.92 Å². The molecule has 0 aliphatic heterocycles. The number of hydrogen-bond acceptors (Lipinski definition) is 5. The Balaban J connectivity index is 2.02. The van der Waals surface area contributed by atoms with Gasteiger partial charge in [0, 0.05) is 28.4 Å². The fourth-order valence-electron chi connectivity index (χ4n) is 2.58. The van der Waals surface area contributed by atoms with Gasteiger partial charge >= 0.3 is 0 Å². The largest absolute Gasteiger partial charge is 0.508 e. The van der Waals surface area contributed by atoms with Gasteiger partial charge in [-0.05, 0) is 48.2 Å². The van der Waals surface area contributed by atoms with Crippen LogP contribution in [0.5, 0.6) is 5.75 Å².